The Hall–Kier alpha value is -2.41. The molecule has 26 heavy (non-hydrogen) atoms. The average Bonchev–Trinajstić information content (AvgIpc) is 3.34. The third kappa shape index (κ3) is 3.72. The van der Waals surface area contributed by atoms with Gasteiger partial charge in [-0.15, -0.1) is 0 Å². The number of aromatic nitrogens is 2. The number of hydrogen-bond donors (Lipinski definition) is 1. The lowest BCUT2D eigenvalue weighted by Gasteiger charge is -2.31. The Morgan fingerprint density at radius 2 is 2.08 bits per heavy atom. The number of nitrogens with one attached hydrogen (secondary N) is 1. The minimum absolute atomic E-state index is 0.0767. The van der Waals surface area contributed by atoms with Gasteiger partial charge >= 0.3 is 0 Å². The van der Waals surface area contributed by atoms with E-state index in [0.29, 0.717) is 18.8 Å². The van der Waals surface area contributed by atoms with Crippen LogP contribution in [0.15, 0.2) is 33.7 Å². The molecule has 2 aliphatic heterocycles. The molecule has 4 heterocycles. The lowest BCUT2D eigenvalue weighted by Crippen LogP contribution is -2.39. The number of H-pyrrole nitrogens is 1. The number of piperidine rings is 1. The number of aromatic amines is 1. The van der Waals surface area contributed by atoms with Crippen LogP contribution in [0.5, 0.6) is 0 Å². The van der Waals surface area contributed by atoms with Gasteiger partial charge in [0.2, 0.25) is 0 Å². The van der Waals surface area contributed by atoms with E-state index in [1.165, 1.54) is 25.2 Å². The quantitative estimate of drug-likeness (QED) is 0.906. The van der Waals surface area contributed by atoms with Crippen molar-refractivity contribution in [2.45, 2.75) is 38.1 Å². The van der Waals surface area contributed by atoms with E-state index in [4.69, 9.17) is 4.42 Å². The normalized spacial score (nSPS) is 21.2. The molecule has 0 bridgehead atoms. The smallest absolute Gasteiger partial charge is 0.289 e. The maximum atomic E-state index is 12.8. The second kappa shape index (κ2) is 7.45. The predicted molar refractivity (Wildman–Crippen MR) is 96.0 cm³/mol. The van der Waals surface area contributed by atoms with Gasteiger partial charge in [0.1, 0.15) is 5.76 Å². The number of likely N-dealkylation sites (tertiary alicyclic amines) is 2. The van der Waals surface area contributed by atoms with Gasteiger partial charge in [-0.1, -0.05) is 0 Å². The van der Waals surface area contributed by atoms with E-state index in [-0.39, 0.29) is 17.4 Å². The summed E-state index contributed by atoms with van der Waals surface area (Å²) in [6.07, 6.45) is 5.72. The summed E-state index contributed by atoms with van der Waals surface area (Å²) >= 11 is 0. The summed E-state index contributed by atoms with van der Waals surface area (Å²) in [6, 6.07) is 5.22. The van der Waals surface area contributed by atoms with E-state index in [0.717, 1.165) is 43.9 Å². The highest BCUT2D eigenvalue weighted by atomic mass is 16.4. The van der Waals surface area contributed by atoms with Gasteiger partial charge in [0, 0.05) is 25.1 Å². The molecule has 7 nitrogen and oxygen atoms in total. The first-order valence-electron chi connectivity index (χ1n) is 9.34. The SMILES string of the molecule is O=C(c1ccc(CN2CCCC2)o1)N1CCCC(c2cc(=O)[nH]cn2)C1. The summed E-state index contributed by atoms with van der Waals surface area (Å²) in [4.78, 5) is 35.3. The van der Waals surface area contributed by atoms with Crippen molar-refractivity contribution in [1.82, 2.24) is 19.8 Å². The Bertz CT molecular complexity index is 822. The molecule has 2 aromatic rings. The Morgan fingerprint density at radius 1 is 1.23 bits per heavy atom. The summed E-state index contributed by atoms with van der Waals surface area (Å²) in [5.74, 6) is 1.26. The molecule has 0 saturated carbocycles. The Kier molecular flexibility index (Phi) is 4.88. The van der Waals surface area contributed by atoms with Crippen LogP contribution in [0.2, 0.25) is 0 Å². The van der Waals surface area contributed by atoms with Crippen LogP contribution >= 0.6 is 0 Å². The summed E-state index contributed by atoms with van der Waals surface area (Å²) in [5, 5.41) is 0. The molecule has 7 heteroatoms. The minimum atomic E-state index is -0.156. The van der Waals surface area contributed by atoms with Crippen LogP contribution in [-0.2, 0) is 6.54 Å². The van der Waals surface area contributed by atoms with E-state index < -0.39 is 0 Å². The largest absolute Gasteiger partial charge is 0.455 e. The van der Waals surface area contributed by atoms with Gasteiger partial charge in [-0.25, -0.2) is 4.98 Å². The van der Waals surface area contributed by atoms with Crippen molar-refractivity contribution in [2.24, 2.45) is 0 Å². The molecule has 0 aliphatic carbocycles. The fourth-order valence-corrected chi connectivity index (χ4v) is 3.90. The zero-order chi connectivity index (χ0) is 17.9. The summed E-state index contributed by atoms with van der Waals surface area (Å²) < 4.78 is 5.82. The van der Waals surface area contributed by atoms with Gasteiger partial charge < -0.3 is 14.3 Å². The highest BCUT2D eigenvalue weighted by Gasteiger charge is 2.28. The van der Waals surface area contributed by atoms with Crippen molar-refractivity contribution in [3.8, 4) is 0 Å². The zero-order valence-corrected chi connectivity index (χ0v) is 14.8. The van der Waals surface area contributed by atoms with Crippen molar-refractivity contribution in [2.75, 3.05) is 26.2 Å². The third-order valence-corrected chi connectivity index (χ3v) is 5.28. The molecule has 1 N–H and O–H groups in total. The number of rotatable bonds is 4. The first-order chi connectivity index (χ1) is 12.7. The van der Waals surface area contributed by atoms with Gasteiger partial charge in [0.05, 0.1) is 18.6 Å². The van der Waals surface area contributed by atoms with Crippen molar-refractivity contribution < 1.29 is 9.21 Å². The number of carbonyl (C=O) groups excluding carboxylic acids is 1. The minimum Gasteiger partial charge on any atom is -0.455 e. The maximum absolute atomic E-state index is 12.8. The molecule has 2 aliphatic rings. The monoisotopic (exact) mass is 356 g/mol. The maximum Gasteiger partial charge on any atom is 0.289 e. The molecule has 0 spiro atoms. The molecule has 2 aromatic heterocycles. The van der Waals surface area contributed by atoms with Crippen LogP contribution in [0.1, 0.15) is 53.6 Å². The molecule has 2 fully saturated rings. The van der Waals surface area contributed by atoms with Crippen molar-refractivity contribution in [3.63, 3.8) is 0 Å². The van der Waals surface area contributed by atoms with E-state index in [9.17, 15) is 9.59 Å². The fourth-order valence-electron chi connectivity index (χ4n) is 3.90. The van der Waals surface area contributed by atoms with Gasteiger partial charge in [-0.05, 0) is 50.9 Å². The Balaban J connectivity index is 1.42. The molecule has 1 atom stereocenters. The molecule has 138 valence electrons. The summed E-state index contributed by atoms with van der Waals surface area (Å²) in [6.45, 7) is 4.24. The van der Waals surface area contributed by atoms with E-state index in [2.05, 4.69) is 14.9 Å². The first kappa shape index (κ1) is 17.0. The van der Waals surface area contributed by atoms with Crippen LogP contribution in [-0.4, -0.2) is 51.9 Å². The van der Waals surface area contributed by atoms with E-state index in [1.54, 1.807) is 6.07 Å². The molecule has 2 saturated heterocycles. The number of nitrogens with zero attached hydrogens (tertiary/aromatic N) is 3. The van der Waals surface area contributed by atoms with E-state index in [1.807, 2.05) is 11.0 Å². The Morgan fingerprint density at radius 3 is 2.88 bits per heavy atom. The average molecular weight is 356 g/mol. The van der Waals surface area contributed by atoms with Crippen LogP contribution in [0, 0.1) is 0 Å². The second-order valence-corrected chi connectivity index (χ2v) is 7.18. The highest BCUT2D eigenvalue weighted by molar-refractivity contribution is 5.91. The standard InChI is InChI=1S/C19H24N4O3/c24-18-10-16(20-13-21-18)14-4-3-9-23(11-14)19(25)17-6-5-15(26-17)12-22-7-1-2-8-22/h5-6,10,13-14H,1-4,7-9,11-12H2,(H,20,21,24). The number of furan rings is 1. The number of carbonyl (C=O) groups is 1. The number of hydrogen-bond acceptors (Lipinski definition) is 5. The molecular formula is C19H24N4O3. The molecule has 0 radical (unpaired) electrons. The molecule has 0 aromatic carbocycles. The van der Waals surface area contributed by atoms with Crippen molar-refractivity contribution >= 4 is 5.91 Å². The lowest BCUT2D eigenvalue weighted by molar-refractivity contribution is 0.0670. The summed E-state index contributed by atoms with van der Waals surface area (Å²) in [7, 11) is 0. The van der Waals surface area contributed by atoms with Crippen LogP contribution in [0.25, 0.3) is 0 Å². The van der Waals surface area contributed by atoms with Crippen LogP contribution in [0.3, 0.4) is 0 Å². The Labute approximate surface area is 152 Å². The zero-order valence-electron chi connectivity index (χ0n) is 14.8. The van der Waals surface area contributed by atoms with Crippen LogP contribution in [0.4, 0.5) is 0 Å². The third-order valence-electron chi connectivity index (χ3n) is 5.28. The van der Waals surface area contributed by atoms with Crippen molar-refractivity contribution in [1.29, 1.82) is 0 Å². The van der Waals surface area contributed by atoms with Gasteiger partial charge in [0.15, 0.2) is 5.76 Å². The van der Waals surface area contributed by atoms with Crippen LogP contribution < -0.4 is 5.56 Å². The van der Waals surface area contributed by atoms with Gasteiger partial charge in [-0.3, -0.25) is 14.5 Å². The molecule has 1 amide bonds. The first-order valence-corrected chi connectivity index (χ1v) is 9.34. The topological polar surface area (TPSA) is 82.4 Å². The molecule has 1 unspecified atom stereocenters. The summed E-state index contributed by atoms with van der Waals surface area (Å²) in [5.41, 5.74) is 0.594. The molecule has 4 rings (SSSR count). The van der Waals surface area contributed by atoms with Gasteiger partial charge in [0.25, 0.3) is 11.5 Å². The van der Waals surface area contributed by atoms with Gasteiger partial charge in [-0.2, -0.15) is 0 Å². The second-order valence-electron chi connectivity index (χ2n) is 7.18. The molecular weight excluding hydrogens is 332 g/mol. The highest BCUT2D eigenvalue weighted by Crippen LogP contribution is 2.26. The number of amides is 1. The predicted octanol–water partition coefficient (Wildman–Crippen LogP) is 1.98. The van der Waals surface area contributed by atoms with Crippen molar-refractivity contribution in [3.05, 3.63) is 52.1 Å². The lowest BCUT2D eigenvalue weighted by atomic mass is 9.94. The van der Waals surface area contributed by atoms with E-state index >= 15 is 0 Å². The fraction of sp³-hybridized carbons (Fsp3) is 0.526.